The van der Waals surface area contributed by atoms with Crippen molar-refractivity contribution in [3.63, 3.8) is 0 Å². The molecule has 1 aromatic rings. The molecule has 0 heterocycles. The van der Waals surface area contributed by atoms with E-state index in [-0.39, 0.29) is 5.30 Å². The molecule has 1 aromatic carbocycles. The molecule has 0 saturated carbocycles. The van der Waals surface area contributed by atoms with E-state index in [9.17, 15) is 21.0 Å². The zero-order chi connectivity index (χ0) is 13.1. The summed E-state index contributed by atoms with van der Waals surface area (Å²) in [4.78, 5) is 0. The molecule has 0 aromatic heterocycles. The van der Waals surface area contributed by atoms with Crippen LogP contribution in [0.3, 0.4) is 0 Å². The Kier molecular flexibility index (Phi) is 4.59. The van der Waals surface area contributed by atoms with Crippen molar-refractivity contribution in [3.8, 4) is 0 Å². The number of hydrogen-bond donors (Lipinski definition) is 1. The highest BCUT2D eigenvalue weighted by Gasteiger charge is 2.32. The second kappa shape index (κ2) is 5.38. The molecule has 0 radical (unpaired) electrons. The SMILES string of the molecule is N=P(F)(N=P(F)(F)N=[P+](F)F)c1ccccc1. The molecule has 0 bridgehead atoms. The van der Waals surface area contributed by atoms with Gasteiger partial charge in [-0.2, -0.15) is 4.20 Å². The van der Waals surface area contributed by atoms with Crippen LogP contribution in [0.4, 0.5) is 21.0 Å². The van der Waals surface area contributed by atoms with Gasteiger partial charge >= 0.3 is 16.2 Å². The van der Waals surface area contributed by atoms with Crippen LogP contribution in [0, 0.1) is 5.16 Å². The molecule has 3 nitrogen and oxygen atoms in total. The van der Waals surface area contributed by atoms with Crippen molar-refractivity contribution in [2.75, 3.05) is 0 Å². The summed E-state index contributed by atoms with van der Waals surface area (Å²) in [6.45, 7) is 0. The van der Waals surface area contributed by atoms with E-state index in [1.807, 2.05) is 4.52 Å². The molecule has 0 spiro atoms. The molecule has 0 aliphatic carbocycles. The van der Waals surface area contributed by atoms with Crippen molar-refractivity contribution in [2.24, 2.45) is 9.03 Å². The number of rotatable bonds is 3. The fourth-order valence-electron chi connectivity index (χ4n) is 0.925. The topological polar surface area (TPSA) is 48.6 Å². The van der Waals surface area contributed by atoms with Crippen LogP contribution >= 0.6 is 23.7 Å². The molecule has 0 aliphatic rings. The highest BCUT2D eigenvalue weighted by atomic mass is 31.3. The van der Waals surface area contributed by atoms with Crippen LogP contribution in [0.15, 0.2) is 39.4 Å². The van der Waals surface area contributed by atoms with Crippen molar-refractivity contribution in [1.29, 1.82) is 5.16 Å². The van der Waals surface area contributed by atoms with Gasteiger partial charge in [-0.15, -0.1) is 12.9 Å². The van der Waals surface area contributed by atoms with Gasteiger partial charge in [0.1, 0.15) is 0 Å². The summed E-state index contributed by atoms with van der Waals surface area (Å²) >= 11 is 0. The fourth-order valence-corrected chi connectivity index (χ4v) is 4.21. The van der Waals surface area contributed by atoms with Crippen LogP contribution in [0.2, 0.25) is 0 Å². The van der Waals surface area contributed by atoms with Crippen molar-refractivity contribution in [2.45, 2.75) is 0 Å². The Morgan fingerprint density at radius 1 is 1.06 bits per heavy atom. The number of benzene rings is 1. The second-order valence-electron chi connectivity index (χ2n) is 2.74. The molecular formula is C6H6F5N3P3+. The lowest BCUT2D eigenvalue weighted by atomic mass is 10.4. The van der Waals surface area contributed by atoms with Gasteiger partial charge in [0.25, 0.3) is 7.52 Å². The van der Waals surface area contributed by atoms with Gasteiger partial charge in [-0.05, 0) is 12.1 Å². The normalized spacial score (nSPS) is 14.9. The predicted octanol–water partition coefficient (Wildman–Crippen LogP) is 6.21. The maximum absolute atomic E-state index is 13.6. The van der Waals surface area contributed by atoms with E-state index in [0.29, 0.717) is 0 Å². The van der Waals surface area contributed by atoms with Crippen molar-refractivity contribution < 1.29 is 21.0 Å². The third-order valence-corrected chi connectivity index (χ3v) is 5.74. The maximum Gasteiger partial charge on any atom is 0.668 e. The second-order valence-corrected chi connectivity index (χ2v) is 7.14. The standard InChI is InChI=1S/C6H6F5N3P3/c7-15(8)13-17(10,11)14-16(9,12)6-4-2-1-3-5-6/h1-5,12H/q+1. The molecule has 11 heteroatoms. The van der Waals surface area contributed by atoms with E-state index in [1.54, 1.807) is 0 Å². The minimum Gasteiger partial charge on any atom is -0.266 e. The summed E-state index contributed by atoms with van der Waals surface area (Å²) in [5.41, 5.74) is 0. The summed E-state index contributed by atoms with van der Waals surface area (Å²) in [6.07, 6.45) is 0. The summed E-state index contributed by atoms with van der Waals surface area (Å²) in [5, 5.41) is 6.74. The maximum atomic E-state index is 13.6. The fraction of sp³-hybridized carbons (Fsp3) is 0. The summed E-state index contributed by atoms with van der Waals surface area (Å²) < 4.78 is 66.9. The zero-order valence-corrected chi connectivity index (χ0v) is 10.7. The highest BCUT2D eigenvalue weighted by molar-refractivity contribution is 7.74. The Morgan fingerprint density at radius 2 is 1.59 bits per heavy atom. The first-order valence-corrected chi connectivity index (χ1v) is 8.19. The quantitative estimate of drug-likeness (QED) is 0.509. The van der Waals surface area contributed by atoms with E-state index in [1.165, 1.54) is 18.2 Å². The van der Waals surface area contributed by atoms with Gasteiger partial charge in [0.2, 0.25) is 0 Å². The molecule has 1 atom stereocenters. The van der Waals surface area contributed by atoms with Crippen molar-refractivity contribution in [3.05, 3.63) is 30.3 Å². The van der Waals surface area contributed by atoms with Crippen LogP contribution in [-0.4, -0.2) is 0 Å². The van der Waals surface area contributed by atoms with Crippen LogP contribution < -0.4 is 5.30 Å². The van der Waals surface area contributed by atoms with E-state index < -0.39 is 23.7 Å². The summed E-state index contributed by atoms with van der Waals surface area (Å²) in [6, 6.07) is 6.41. The first-order chi connectivity index (χ1) is 7.73. The average Bonchev–Trinajstić information content (AvgIpc) is 2.15. The Labute approximate surface area is 95.2 Å². The summed E-state index contributed by atoms with van der Waals surface area (Å²) in [5.74, 6) is 0. The molecule has 0 saturated heterocycles. The third-order valence-electron chi connectivity index (χ3n) is 1.50. The molecule has 0 fully saturated rings. The van der Waals surface area contributed by atoms with Crippen LogP contribution in [-0.2, 0) is 0 Å². The Bertz CT molecular complexity index is 521. The number of hydrogen-bond acceptors (Lipinski definition) is 1. The predicted molar refractivity (Wildman–Crippen MR) is 60.0 cm³/mol. The Hall–Kier alpha value is -0.570. The Balaban J connectivity index is 3.22. The van der Waals surface area contributed by atoms with Gasteiger partial charge in [0, 0.05) is 5.30 Å². The monoisotopic (exact) mass is 308 g/mol. The molecule has 94 valence electrons. The summed E-state index contributed by atoms with van der Waals surface area (Å²) in [7, 11) is -14.7. The molecule has 1 unspecified atom stereocenters. The third kappa shape index (κ3) is 4.66. The zero-order valence-electron chi connectivity index (χ0n) is 8.01. The lowest BCUT2D eigenvalue weighted by molar-refractivity contribution is 0.716. The van der Waals surface area contributed by atoms with Gasteiger partial charge in [-0.3, -0.25) is 5.16 Å². The molecular weight excluding hydrogens is 302 g/mol. The van der Waals surface area contributed by atoms with Crippen molar-refractivity contribution in [1.82, 2.24) is 0 Å². The lowest BCUT2D eigenvalue weighted by Gasteiger charge is -2.06. The minimum atomic E-state index is -5.77. The molecule has 0 amide bonds. The van der Waals surface area contributed by atoms with E-state index in [4.69, 9.17) is 5.16 Å². The lowest BCUT2D eigenvalue weighted by Crippen LogP contribution is -1.96. The largest absolute Gasteiger partial charge is 0.668 e. The number of nitrogens with one attached hydrogen (secondary N) is 1. The van der Waals surface area contributed by atoms with Crippen LogP contribution in [0.5, 0.6) is 0 Å². The molecule has 1 N–H and O–H groups in total. The smallest absolute Gasteiger partial charge is 0.266 e. The van der Waals surface area contributed by atoms with Gasteiger partial charge < -0.3 is 0 Å². The van der Waals surface area contributed by atoms with Gasteiger partial charge in [0.15, 0.2) is 0 Å². The first-order valence-electron chi connectivity index (χ1n) is 4.00. The van der Waals surface area contributed by atoms with E-state index >= 15 is 0 Å². The average molecular weight is 308 g/mol. The molecule has 0 aliphatic heterocycles. The van der Waals surface area contributed by atoms with Crippen LogP contribution in [0.25, 0.3) is 0 Å². The van der Waals surface area contributed by atoms with Gasteiger partial charge in [-0.1, -0.05) is 18.2 Å². The molecule has 1 rings (SSSR count). The van der Waals surface area contributed by atoms with Gasteiger partial charge in [0.05, 0.1) is 12.9 Å². The van der Waals surface area contributed by atoms with E-state index in [0.717, 1.165) is 12.1 Å². The van der Waals surface area contributed by atoms with E-state index in [2.05, 4.69) is 4.52 Å². The number of halogens is 5. The van der Waals surface area contributed by atoms with Gasteiger partial charge in [-0.25, -0.2) is 0 Å². The number of nitrogens with zero attached hydrogens (tertiary/aromatic N) is 2. The first kappa shape index (κ1) is 14.5. The minimum absolute atomic E-state index is 0.350. The van der Waals surface area contributed by atoms with Crippen molar-refractivity contribution >= 4 is 29.0 Å². The molecule has 17 heavy (non-hydrogen) atoms. The van der Waals surface area contributed by atoms with Crippen LogP contribution in [0.1, 0.15) is 0 Å². The highest BCUT2D eigenvalue weighted by Crippen LogP contribution is 2.68. The Morgan fingerprint density at radius 3 is 2.06 bits per heavy atom.